The molecule has 6 heteroatoms. The number of aromatic nitrogens is 2. The third-order valence-electron chi connectivity index (χ3n) is 5.11. The third kappa shape index (κ3) is 2.79. The fourth-order valence-electron chi connectivity index (χ4n) is 3.37. The molecule has 1 saturated carbocycles. The number of nitrogens with one attached hydrogen (secondary N) is 1. The summed E-state index contributed by atoms with van der Waals surface area (Å²) in [5.41, 5.74) is 2.39. The summed E-state index contributed by atoms with van der Waals surface area (Å²) >= 11 is 0. The molecular weight excluding hydrogens is 342 g/mol. The van der Waals surface area contributed by atoms with Crippen LogP contribution >= 0.6 is 0 Å². The van der Waals surface area contributed by atoms with Crippen molar-refractivity contribution in [1.82, 2.24) is 9.97 Å². The lowest BCUT2D eigenvalue weighted by Gasteiger charge is -2.16. The van der Waals surface area contributed by atoms with E-state index in [2.05, 4.69) is 15.3 Å². The molecule has 1 amide bonds. The van der Waals surface area contributed by atoms with Gasteiger partial charge in [-0.3, -0.25) is 9.78 Å². The van der Waals surface area contributed by atoms with Gasteiger partial charge in [-0.1, -0.05) is 12.1 Å². The highest BCUT2D eigenvalue weighted by molar-refractivity contribution is 6.01. The van der Waals surface area contributed by atoms with E-state index in [1.807, 2.05) is 42.5 Å². The smallest absolute Gasteiger partial charge is 0.236 e. The summed E-state index contributed by atoms with van der Waals surface area (Å²) in [6, 6.07) is 13.3. The molecule has 1 N–H and O–H groups in total. The Bertz CT molecular complexity index is 999. The minimum Gasteiger partial charge on any atom is -0.454 e. The molecule has 0 saturated heterocycles. The maximum absolute atomic E-state index is 12.9. The average Bonchev–Trinajstić information content (AvgIpc) is 3.40. The van der Waals surface area contributed by atoms with Gasteiger partial charge in [-0.2, -0.15) is 0 Å². The van der Waals surface area contributed by atoms with Gasteiger partial charge in [0.15, 0.2) is 11.5 Å². The molecule has 3 heterocycles. The van der Waals surface area contributed by atoms with Crippen molar-refractivity contribution in [2.45, 2.75) is 18.3 Å². The molecule has 1 aliphatic carbocycles. The molecule has 0 radical (unpaired) electrons. The van der Waals surface area contributed by atoms with Crippen molar-refractivity contribution in [3.63, 3.8) is 0 Å². The molecule has 5 rings (SSSR count). The molecule has 0 atom stereocenters. The van der Waals surface area contributed by atoms with E-state index >= 15 is 0 Å². The minimum absolute atomic E-state index is 0.0389. The Morgan fingerprint density at radius 1 is 1.00 bits per heavy atom. The fourth-order valence-corrected chi connectivity index (χ4v) is 3.37. The summed E-state index contributed by atoms with van der Waals surface area (Å²) in [4.78, 5) is 21.4. The summed E-state index contributed by atoms with van der Waals surface area (Å²) in [5, 5.41) is 2.95. The lowest BCUT2D eigenvalue weighted by molar-refractivity contribution is -0.118. The Morgan fingerprint density at radius 2 is 1.85 bits per heavy atom. The number of carbonyl (C=O) groups excluding carboxylic acids is 1. The molecule has 0 spiro atoms. The van der Waals surface area contributed by atoms with E-state index in [0.29, 0.717) is 11.6 Å². The van der Waals surface area contributed by atoms with Gasteiger partial charge in [0, 0.05) is 29.7 Å². The Balaban J connectivity index is 1.34. The second-order valence-corrected chi connectivity index (χ2v) is 6.78. The average molecular weight is 359 g/mol. The summed E-state index contributed by atoms with van der Waals surface area (Å²) in [6.07, 6.45) is 6.89. The first kappa shape index (κ1) is 15.8. The number of nitrogens with zero attached hydrogens (tertiary/aromatic N) is 2. The number of fused-ring (bicyclic) bond motifs is 1. The number of pyridine rings is 2. The first-order valence-corrected chi connectivity index (χ1v) is 8.83. The van der Waals surface area contributed by atoms with Crippen LogP contribution in [0.4, 0.5) is 5.82 Å². The molecule has 27 heavy (non-hydrogen) atoms. The molecular formula is C21H17N3O3. The van der Waals surface area contributed by atoms with Crippen molar-refractivity contribution < 1.29 is 14.3 Å². The van der Waals surface area contributed by atoms with Gasteiger partial charge in [-0.15, -0.1) is 0 Å². The number of ether oxygens (including phenoxy) is 2. The van der Waals surface area contributed by atoms with E-state index in [0.717, 1.165) is 35.3 Å². The molecule has 2 aromatic heterocycles. The highest BCUT2D eigenvalue weighted by atomic mass is 16.7. The Morgan fingerprint density at radius 3 is 2.59 bits per heavy atom. The normalized spacial score (nSPS) is 16.0. The number of hydrogen-bond acceptors (Lipinski definition) is 5. The van der Waals surface area contributed by atoms with Gasteiger partial charge in [0.2, 0.25) is 12.7 Å². The van der Waals surface area contributed by atoms with E-state index in [9.17, 15) is 4.79 Å². The predicted octanol–water partition coefficient (Wildman–Crippen LogP) is 3.54. The highest BCUT2D eigenvalue weighted by Crippen LogP contribution is 2.51. The van der Waals surface area contributed by atoms with E-state index < -0.39 is 5.41 Å². The zero-order chi connectivity index (χ0) is 18.3. The Kier molecular flexibility index (Phi) is 3.57. The maximum atomic E-state index is 12.9. The Hall–Kier alpha value is -3.41. The van der Waals surface area contributed by atoms with Crippen LogP contribution in [0.15, 0.2) is 61.1 Å². The number of amides is 1. The molecule has 6 nitrogen and oxygen atoms in total. The van der Waals surface area contributed by atoms with Crippen LogP contribution < -0.4 is 14.8 Å². The van der Waals surface area contributed by atoms with Crippen LogP contribution in [-0.2, 0) is 10.2 Å². The molecule has 0 bridgehead atoms. The largest absolute Gasteiger partial charge is 0.454 e. The minimum atomic E-state index is -0.509. The van der Waals surface area contributed by atoms with E-state index in [4.69, 9.17) is 9.47 Å². The molecule has 0 unspecified atom stereocenters. The molecule has 3 aromatic rings. The fraction of sp³-hybridized carbons (Fsp3) is 0.190. The number of anilines is 1. The summed E-state index contributed by atoms with van der Waals surface area (Å²) < 4.78 is 10.8. The van der Waals surface area contributed by atoms with Crippen LogP contribution in [0.3, 0.4) is 0 Å². The third-order valence-corrected chi connectivity index (χ3v) is 5.11. The summed E-state index contributed by atoms with van der Waals surface area (Å²) in [5.74, 6) is 1.93. The second kappa shape index (κ2) is 6.09. The maximum Gasteiger partial charge on any atom is 0.236 e. The molecule has 134 valence electrons. The standard InChI is InChI=1S/C21H17N3O3/c25-20(21(7-8-21)16-4-5-17-18(10-16)27-13-26-17)24-19-6-3-15(12-23-19)14-2-1-9-22-11-14/h1-6,9-12H,7-8,13H2,(H,23,24,25). The van der Waals surface area contributed by atoms with Gasteiger partial charge in [-0.25, -0.2) is 4.98 Å². The lowest BCUT2D eigenvalue weighted by atomic mass is 9.94. The van der Waals surface area contributed by atoms with Gasteiger partial charge in [0.25, 0.3) is 0 Å². The van der Waals surface area contributed by atoms with Crippen LogP contribution in [-0.4, -0.2) is 22.7 Å². The van der Waals surface area contributed by atoms with Crippen molar-refractivity contribution in [1.29, 1.82) is 0 Å². The van der Waals surface area contributed by atoms with E-state index in [1.165, 1.54) is 0 Å². The van der Waals surface area contributed by atoms with Crippen molar-refractivity contribution in [2.24, 2.45) is 0 Å². The summed E-state index contributed by atoms with van der Waals surface area (Å²) in [7, 11) is 0. The van der Waals surface area contributed by atoms with Crippen molar-refractivity contribution in [3.05, 3.63) is 66.6 Å². The van der Waals surface area contributed by atoms with Gasteiger partial charge in [0.1, 0.15) is 5.82 Å². The van der Waals surface area contributed by atoms with Gasteiger partial charge in [0.05, 0.1) is 5.41 Å². The first-order chi connectivity index (χ1) is 13.2. The molecule has 1 fully saturated rings. The van der Waals surface area contributed by atoms with Crippen molar-refractivity contribution in [3.8, 4) is 22.6 Å². The van der Waals surface area contributed by atoms with Crippen LogP contribution in [0.1, 0.15) is 18.4 Å². The second-order valence-electron chi connectivity index (χ2n) is 6.78. The lowest BCUT2D eigenvalue weighted by Crippen LogP contribution is -2.28. The van der Waals surface area contributed by atoms with Crippen LogP contribution in [0.25, 0.3) is 11.1 Å². The molecule has 1 aromatic carbocycles. The number of benzene rings is 1. The topological polar surface area (TPSA) is 73.3 Å². The summed E-state index contributed by atoms with van der Waals surface area (Å²) in [6.45, 7) is 0.227. The monoisotopic (exact) mass is 359 g/mol. The number of carbonyl (C=O) groups is 1. The predicted molar refractivity (Wildman–Crippen MR) is 99.6 cm³/mol. The van der Waals surface area contributed by atoms with E-state index in [1.54, 1.807) is 18.6 Å². The van der Waals surface area contributed by atoms with Gasteiger partial charge in [-0.05, 0) is 48.7 Å². The molecule has 2 aliphatic rings. The Labute approximate surface area is 156 Å². The SMILES string of the molecule is O=C(Nc1ccc(-c2cccnc2)cn1)C1(c2ccc3c(c2)OCO3)CC1. The first-order valence-electron chi connectivity index (χ1n) is 8.83. The van der Waals surface area contributed by atoms with Crippen molar-refractivity contribution >= 4 is 11.7 Å². The van der Waals surface area contributed by atoms with Gasteiger partial charge < -0.3 is 14.8 Å². The van der Waals surface area contributed by atoms with E-state index in [-0.39, 0.29) is 12.7 Å². The highest BCUT2D eigenvalue weighted by Gasteiger charge is 2.51. The van der Waals surface area contributed by atoms with Crippen LogP contribution in [0.2, 0.25) is 0 Å². The van der Waals surface area contributed by atoms with Crippen LogP contribution in [0.5, 0.6) is 11.5 Å². The quantitative estimate of drug-likeness (QED) is 0.771. The zero-order valence-electron chi connectivity index (χ0n) is 14.5. The number of rotatable bonds is 4. The van der Waals surface area contributed by atoms with Crippen LogP contribution in [0, 0.1) is 0 Å². The zero-order valence-corrected chi connectivity index (χ0v) is 14.5. The number of hydrogen-bond donors (Lipinski definition) is 1. The van der Waals surface area contributed by atoms with Gasteiger partial charge >= 0.3 is 0 Å². The molecule has 1 aliphatic heterocycles. The van der Waals surface area contributed by atoms with Crippen molar-refractivity contribution in [2.75, 3.05) is 12.1 Å².